The van der Waals surface area contributed by atoms with Gasteiger partial charge >= 0.3 is 0 Å². The molecule has 0 heterocycles. The molecule has 0 bridgehead atoms. The van der Waals surface area contributed by atoms with E-state index in [1.165, 1.54) is 0 Å². The summed E-state index contributed by atoms with van der Waals surface area (Å²) in [6.45, 7) is 1.24. The van der Waals surface area contributed by atoms with E-state index in [0.29, 0.717) is 6.42 Å². The Labute approximate surface area is 54.0 Å². The van der Waals surface area contributed by atoms with E-state index in [4.69, 9.17) is 0 Å². The lowest BCUT2D eigenvalue weighted by atomic mass is 10.3. The predicted octanol–water partition coefficient (Wildman–Crippen LogP) is 1.72. The van der Waals surface area contributed by atoms with Crippen molar-refractivity contribution in [1.82, 2.24) is 0 Å². The van der Waals surface area contributed by atoms with Crippen LogP contribution in [0, 0.1) is 0 Å². The molecule has 0 saturated heterocycles. The number of rotatable bonds is 5. The number of alkyl halides is 2. The maximum absolute atomic E-state index is 12.2. The van der Waals surface area contributed by atoms with E-state index in [1.807, 2.05) is 0 Å². The number of ether oxygens (including phenoxy) is 1. The lowest BCUT2D eigenvalue weighted by molar-refractivity contribution is 0.0703. The number of hydrogen-bond acceptors (Lipinski definition) is 1. The van der Waals surface area contributed by atoms with Gasteiger partial charge in [0, 0.05) is 0 Å². The lowest BCUT2D eigenvalue weighted by Gasteiger charge is -2.03. The summed E-state index contributed by atoms with van der Waals surface area (Å²) in [4.78, 5) is 0. The summed E-state index contributed by atoms with van der Waals surface area (Å²) in [6, 6.07) is 0. The molecule has 0 aromatic heterocycles. The van der Waals surface area contributed by atoms with Crippen LogP contribution >= 0.6 is 0 Å². The van der Waals surface area contributed by atoms with E-state index in [9.17, 15) is 8.78 Å². The van der Waals surface area contributed by atoms with Crippen LogP contribution in [0.2, 0.25) is 0 Å². The summed E-state index contributed by atoms with van der Waals surface area (Å²) >= 11 is 0. The zero-order chi connectivity index (χ0) is 7.11. The van der Waals surface area contributed by atoms with Crippen LogP contribution in [0.15, 0.2) is 0 Å². The highest BCUT2D eigenvalue weighted by Crippen LogP contribution is 1.96. The first kappa shape index (κ1) is 8.82. The fourth-order valence-electron chi connectivity index (χ4n) is 0.384. The zero-order valence-corrected chi connectivity index (χ0v) is 5.57. The van der Waals surface area contributed by atoms with Crippen molar-refractivity contribution in [2.24, 2.45) is 0 Å². The minimum Gasteiger partial charge on any atom is -0.376 e. The smallest absolute Gasteiger partial charge is 0.123 e. The molecule has 0 aliphatic rings. The first-order valence-corrected chi connectivity index (χ1v) is 3.09. The van der Waals surface area contributed by atoms with Crippen molar-refractivity contribution in [3.8, 4) is 0 Å². The van der Waals surface area contributed by atoms with Crippen molar-refractivity contribution in [3.05, 3.63) is 0 Å². The van der Waals surface area contributed by atoms with Crippen molar-refractivity contribution in [3.63, 3.8) is 0 Å². The maximum Gasteiger partial charge on any atom is 0.123 e. The fourth-order valence-corrected chi connectivity index (χ4v) is 0.384. The average molecular weight is 138 g/mol. The van der Waals surface area contributed by atoms with Crippen LogP contribution < -0.4 is 0 Å². The predicted molar refractivity (Wildman–Crippen MR) is 32.0 cm³/mol. The summed E-state index contributed by atoms with van der Waals surface area (Å²) < 4.78 is 28.1. The second-order valence-corrected chi connectivity index (χ2v) is 1.77. The number of halogens is 2. The highest BCUT2D eigenvalue weighted by Gasteiger charge is 2.00. The van der Waals surface area contributed by atoms with Gasteiger partial charge in [-0.1, -0.05) is 6.92 Å². The highest BCUT2D eigenvalue weighted by molar-refractivity contribution is 4.48. The molecule has 3 heteroatoms. The molecule has 0 fully saturated rings. The van der Waals surface area contributed by atoms with Gasteiger partial charge in [-0.25, -0.2) is 8.78 Å². The van der Waals surface area contributed by atoms with Gasteiger partial charge in [0.15, 0.2) is 0 Å². The number of hydrogen-bond donors (Lipinski definition) is 0. The quantitative estimate of drug-likeness (QED) is 0.525. The second kappa shape index (κ2) is 5.95. The molecule has 0 aromatic carbocycles. The van der Waals surface area contributed by atoms with Gasteiger partial charge in [-0.2, -0.15) is 0 Å². The van der Waals surface area contributed by atoms with Gasteiger partial charge < -0.3 is 4.74 Å². The third-order valence-electron chi connectivity index (χ3n) is 0.963. The summed E-state index contributed by atoms with van der Waals surface area (Å²) in [5.41, 5.74) is 0. The van der Waals surface area contributed by atoms with E-state index in [-0.39, 0.29) is 13.2 Å². The Morgan fingerprint density at radius 3 is 2.67 bits per heavy atom. The van der Waals surface area contributed by atoms with E-state index >= 15 is 0 Å². The van der Waals surface area contributed by atoms with Crippen molar-refractivity contribution < 1.29 is 13.5 Å². The van der Waals surface area contributed by atoms with Crippen LogP contribution in [0.25, 0.3) is 0 Å². The van der Waals surface area contributed by atoms with Crippen molar-refractivity contribution in [2.75, 3.05) is 19.9 Å². The molecule has 1 atom stereocenters. The van der Waals surface area contributed by atoms with E-state index in [1.54, 1.807) is 6.92 Å². The molecule has 56 valence electrons. The van der Waals surface area contributed by atoms with Crippen LogP contribution in [-0.4, -0.2) is 26.1 Å². The summed E-state index contributed by atoms with van der Waals surface area (Å²) in [6.07, 6.45) is -0.497. The first-order chi connectivity index (χ1) is 4.31. The lowest BCUT2D eigenvalue weighted by Crippen LogP contribution is -2.10. The van der Waals surface area contributed by atoms with Crippen LogP contribution in [0.1, 0.15) is 13.3 Å². The molecule has 0 saturated carbocycles. The largest absolute Gasteiger partial charge is 0.376 e. The first-order valence-electron chi connectivity index (χ1n) is 3.09. The van der Waals surface area contributed by atoms with Gasteiger partial charge in [0.2, 0.25) is 0 Å². The van der Waals surface area contributed by atoms with Gasteiger partial charge in [0.05, 0.1) is 13.2 Å². The van der Waals surface area contributed by atoms with Gasteiger partial charge in [-0.15, -0.1) is 0 Å². The van der Waals surface area contributed by atoms with Crippen molar-refractivity contribution >= 4 is 0 Å². The van der Waals surface area contributed by atoms with Crippen LogP contribution in [0.4, 0.5) is 8.78 Å². The SMILES string of the molecule is CCC(F)COCCF. The molecule has 0 aliphatic carbocycles. The van der Waals surface area contributed by atoms with E-state index in [2.05, 4.69) is 4.74 Å². The third-order valence-corrected chi connectivity index (χ3v) is 0.963. The Hall–Kier alpha value is -0.180. The van der Waals surface area contributed by atoms with Crippen molar-refractivity contribution in [1.29, 1.82) is 0 Å². The molecule has 1 unspecified atom stereocenters. The van der Waals surface area contributed by atoms with Gasteiger partial charge in [0.25, 0.3) is 0 Å². The highest BCUT2D eigenvalue weighted by atomic mass is 19.1. The molecule has 0 radical (unpaired) electrons. The Bertz CT molecular complexity index is 59.0. The summed E-state index contributed by atoms with van der Waals surface area (Å²) in [5, 5.41) is 0. The molecule has 0 N–H and O–H groups in total. The molecular weight excluding hydrogens is 126 g/mol. The van der Waals surface area contributed by atoms with E-state index in [0.717, 1.165) is 0 Å². The normalized spacial score (nSPS) is 13.7. The summed E-state index contributed by atoms with van der Waals surface area (Å²) in [7, 11) is 0. The summed E-state index contributed by atoms with van der Waals surface area (Å²) in [5.74, 6) is 0. The van der Waals surface area contributed by atoms with Gasteiger partial charge in [0.1, 0.15) is 12.8 Å². The third kappa shape index (κ3) is 5.69. The molecule has 0 amide bonds. The molecule has 0 rings (SSSR count). The topological polar surface area (TPSA) is 9.23 Å². The molecule has 0 spiro atoms. The molecule has 0 aliphatic heterocycles. The van der Waals surface area contributed by atoms with Gasteiger partial charge in [-0.05, 0) is 6.42 Å². The van der Waals surface area contributed by atoms with Crippen LogP contribution in [-0.2, 0) is 4.74 Å². The van der Waals surface area contributed by atoms with E-state index < -0.39 is 12.8 Å². The Kier molecular flexibility index (Phi) is 5.83. The molecule has 9 heavy (non-hydrogen) atoms. The Morgan fingerprint density at radius 1 is 1.56 bits per heavy atom. The fraction of sp³-hybridized carbons (Fsp3) is 1.00. The Morgan fingerprint density at radius 2 is 2.22 bits per heavy atom. The maximum atomic E-state index is 12.2. The minimum atomic E-state index is -0.934. The van der Waals surface area contributed by atoms with Crippen molar-refractivity contribution in [2.45, 2.75) is 19.5 Å². The molecular formula is C6H12F2O. The molecule has 0 aromatic rings. The average Bonchev–Trinajstić information content (AvgIpc) is 1.89. The second-order valence-electron chi connectivity index (χ2n) is 1.77. The zero-order valence-electron chi connectivity index (χ0n) is 5.57. The minimum absolute atomic E-state index is 0.0143. The Balaban J connectivity index is 2.88. The standard InChI is InChI=1S/C6H12F2O/c1-2-6(8)5-9-4-3-7/h6H,2-5H2,1H3. The molecule has 1 nitrogen and oxygen atoms in total. The monoisotopic (exact) mass is 138 g/mol. The van der Waals surface area contributed by atoms with Crippen LogP contribution in [0.5, 0.6) is 0 Å². The van der Waals surface area contributed by atoms with Crippen LogP contribution in [0.3, 0.4) is 0 Å². The van der Waals surface area contributed by atoms with Gasteiger partial charge in [-0.3, -0.25) is 0 Å².